The highest BCUT2D eigenvalue weighted by molar-refractivity contribution is 5.85. The Kier molecular flexibility index (Phi) is 4.93. The fraction of sp³-hybridized carbons (Fsp3) is 0.357. The number of fused-ring (bicyclic) bond motifs is 1. The van der Waals surface area contributed by atoms with E-state index in [9.17, 15) is 0 Å². The molecule has 0 spiro atoms. The zero-order valence-corrected chi connectivity index (χ0v) is 12.8. The largest absolute Gasteiger partial charge is 0.339 e. The van der Waals surface area contributed by atoms with Crippen LogP contribution in [0.15, 0.2) is 35.1 Å². The van der Waals surface area contributed by atoms with E-state index in [0.717, 1.165) is 23.6 Å². The molecule has 0 amide bonds. The summed E-state index contributed by atoms with van der Waals surface area (Å²) in [5.41, 5.74) is 1.85. The SMILES string of the molecule is CNC(C)Cc1noc(Cc2cn3ccccc3n2)n1.Cl. The molecule has 6 nitrogen and oxygen atoms in total. The van der Waals surface area contributed by atoms with Crippen molar-refractivity contribution < 1.29 is 4.52 Å². The molecule has 0 bridgehead atoms. The van der Waals surface area contributed by atoms with Crippen molar-refractivity contribution in [2.24, 2.45) is 0 Å². The number of nitrogens with zero attached hydrogens (tertiary/aromatic N) is 4. The fourth-order valence-electron chi connectivity index (χ4n) is 2.05. The van der Waals surface area contributed by atoms with Gasteiger partial charge in [-0.1, -0.05) is 11.2 Å². The zero-order chi connectivity index (χ0) is 13.9. The highest BCUT2D eigenvalue weighted by Gasteiger charge is 2.11. The summed E-state index contributed by atoms with van der Waals surface area (Å²) >= 11 is 0. The topological polar surface area (TPSA) is 68.2 Å². The van der Waals surface area contributed by atoms with Gasteiger partial charge in [0, 0.05) is 24.9 Å². The Labute approximate surface area is 129 Å². The van der Waals surface area contributed by atoms with Crippen LogP contribution in [0.1, 0.15) is 24.3 Å². The van der Waals surface area contributed by atoms with Gasteiger partial charge in [-0.2, -0.15) is 4.98 Å². The molecule has 1 N–H and O–H groups in total. The van der Waals surface area contributed by atoms with E-state index >= 15 is 0 Å². The van der Waals surface area contributed by atoms with Gasteiger partial charge in [0.1, 0.15) is 5.65 Å². The van der Waals surface area contributed by atoms with Crippen molar-refractivity contribution in [1.29, 1.82) is 0 Å². The predicted molar refractivity (Wildman–Crippen MR) is 81.8 cm³/mol. The third-order valence-corrected chi connectivity index (χ3v) is 3.24. The number of imidazole rings is 1. The fourth-order valence-corrected chi connectivity index (χ4v) is 2.05. The predicted octanol–water partition coefficient (Wildman–Crippen LogP) is 1.88. The Morgan fingerprint density at radius 2 is 2.19 bits per heavy atom. The molecular formula is C14H18ClN5O. The Morgan fingerprint density at radius 3 is 2.95 bits per heavy atom. The van der Waals surface area contributed by atoms with Gasteiger partial charge in [0.25, 0.3) is 0 Å². The van der Waals surface area contributed by atoms with Crippen LogP contribution in [-0.4, -0.2) is 32.6 Å². The average molecular weight is 308 g/mol. The van der Waals surface area contributed by atoms with Crippen LogP contribution in [0, 0.1) is 0 Å². The van der Waals surface area contributed by atoms with Gasteiger partial charge in [-0.15, -0.1) is 12.4 Å². The first-order valence-corrected chi connectivity index (χ1v) is 6.66. The van der Waals surface area contributed by atoms with Crippen molar-refractivity contribution in [3.05, 3.63) is 48.0 Å². The highest BCUT2D eigenvalue weighted by Crippen LogP contribution is 2.10. The third kappa shape index (κ3) is 3.59. The molecule has 0 aliphatic heterocycles. The van der Waals surface area contributed by atoms with Crippen LogP contribution < -0.4 is 5.32 Å². The summed E-state index contributed by atoms with van der Waals surface area (Å²) in [6.45, 7) is 2.08. The van der Waals surface area contributed by atoms with Crippen LogP contribution in [0.2, 0.25) is 0 Å². The van der Waals surface area contributed by atoms with Gasteiger partial charge in [-0.25, -0.2) is 4.98 Å². The quantitative estimate of drug-likeness (QED) is 0.779. The zero-order valence-electron chi connectivity index (χ0n) is 12.0. The van der Waals surface area contributed by atoms with E-state index in [0.29, 0.717) is 18.4 Å². The molecule has 0 saturated carbocycles. The summed E-state index contributed by atoms with van der Waals surface area (Å²) in [6.07, 6.45) is 5.27. The van der Waals surface area contributed by atoms with Crippen LogP contribution in [0.3, 0.4) is 0 Å². The first-order chi connectivity index (χ1) is 9.74. The molecule has 0 aliphatic carbocycles. The molecule has 0 aromatic carbocycles. The summed E-state index contributed by atoms with van der Waals surface area (Å²) in [5.74, 6) is 1.33. The number of hydrogen-bond acceptors (Lipinski definition) is 5. The summed E-state index contributed by atoms with van der Waals surface area (Å²) < 4.78 is 7.25. The van der Waals surface area contributed by atoms with Crippen LogP contribution in [0.4, 0.5) is 0 Å². The first-order valence-electron chi connectivity index (χ1n) is 6.66. The standard InChI is InChI=1S/C14H17N5O.ClH/c1-10(15-2)7-12-17-14(20-18-12)8-11-9-19-6-4-3-5-13(19)16-11;/h3-6,9-10,15H,7-8H2,1-2H3;1H. The Bertz CT molecular complexity index is 675. The lowest BCUT2D eigenvalue weighted by molar-refractivity contribution is 0.376. The lowest BCUT2D eigenvalue weighted by atomic mass is 10.2. The van der Waals surface area contributed by atoms with Crippen LogP contribution in [0.25, 0.3) is 5.65 Å². The molecule has 7 heteroatoms. The van der Waals surface area contributed by atoms with E-state index in [1.165, 1.54) is 0 Å². The van der Waals surface area contributed by atoms with Crippen molar-refractivity contribution in [3.8, 4) is 0 Å². The van der Waals surface area contributed by atoms with Gasteiger partial charge < -0.3 is 14.2 Å². The van der Waals surface area contributed by atoms with E-state index < -0.39 is 0 Å². The summed E-state index contributed by atoms with van der Waals surface area (Å²) in [4.78, 5) is 8.91. The molecule has 0 saturated heterocycles. The van der Waals surface area contributed by atoms with Crippen molar-refractivity contribution in [3.63, 3.8) is 0 Å². The van der Waals surface area contributed by atoms with E-state index in [-0.39, 0.29) is 12.4 Å². The molecule has 1 unspecified atom stereocenters. The van der Waals surface area contributed by atoms with Crippen molar-refractivity contribution in [1.82, 2.24) is 24.8 Å². The molecule has 1 atom stereocenters. The second kappa shape index (κ2) is 6.69. The number of likely N-dealkylation sites (N-methyl/N-ethyl adjacent to an activating group) is 1. The van der Waals surface area contributed by atoms with Gasteiger partial charge in [0.15, 0.2) is 5.82 Å². The number of aromatic nitrogens is 4. The lowest BCUT2D eigenvalue weighted by Crippen LogP contribution is -2.24. The highest BCUT2D eigenvalue weighted by atomic mass is 35.5. The van der Waals surface area contributed by atoms with Crippen LogP contribution in [0.5, 0.6) is 0 Å². The number of rotatable bonds is 5. The van der Waals surface area contributed by atoms with Crippen molar-refractivity contribution in [2.75, 3.05) is 7.05 Å². The molecule has 112 valence electrons. The second-order valence-corrected chi connectivity index (χ2v) is 4.87. The molecule has 21 heavy (non-hydrogen) atoms. The lowest BCUT2D eigenvalue weighted by Gasteiger charge is -2.04. The van der Waals surface area contributed by atoms with E-state index in [1.807, 2.05) is 42.0 Å². The second-order valence-electron chi connectivity index (χ2n) is 4.87. The Hall–Kier alpha value is -1.92. The van der Waals surface area contributed by atoms with E-state index in [4.69, 9.17) is 4.52 Å². The maximum atomic E-state index is 5.27. The van der Waals surface area contributed by atoms with Crippen LogP contribution in [-0.2, 0) is 12.8 Å². The monoisotopic (exact) mass is 307 g/mol. The summed E-state index contributed by atoms with van der Waals surface area (Å²) in [6, 6.07) is 6.24. The first kappa shape index (κ1) is 15.5. The maximum absolute atomic E-state index is 5.27. The van der Waals surface area contributed by atoms with Gasteiger partial charge >= 0.3 is 0 Å². The summed E-state index contributed by atoms with van der Waals surface area (Å²) in [7, 11) is 1.92. The molecule has 3 aromatic heterocycles. The Morgan fingerprint density at radius 1 is 1.33 bits per heavy atom. The molecule has 0 radical (unpaired) electrons. The minimum Gasteiger partial charge on any atom is -0.339 e. The molecular weight excluding hydrogens is 290 g/mol. The normalized spacial score (nSPS) is 12.3. The summed E-state index contributed by atoms with van der Waals surface area (Å²) in [5, 5.41) is 7.15. The number of halogens is 1. The molecule has 0 fully saturated rings. The van der Waals surface area contributed by atoms with Gasteiger partial charge in [0.2, 0.25) is 5.89 Å². The number of hydrogen-bond donors (Lipinski definition) is 1. The minimum absolute atomic E-state index is 0. The van der Waals surface area contributed by atoms with E-state index in [1.54, 1.807) is 0 Å². The number of pyridine rings is 1. The molecule has 3 rings (SSSR count). The van der Waals surface area contributed by atoms with Crippen LogP contribution >= 0.6 is 12.4 Å². The smallest absolute Gasteiger partial charge is 0.232 e. The molecule has 3 heterocycles. The molecule has 0 aliphatic rings. The number of nitrogens with one attached hydrogen (secondary N) is 1. The van der Waals surface area contributed by atoms with Gasteiger partial charge in [-0.3, -0.25) is 0 Å². The van der Waals surface area contributed by atoms with Crippen molar-refractivity contribution in [2.45, 2.75) is 25.8 Å². The van der Waals surface area contributed by atoms with Gasteiger partial charge in [0.05, 0.1) is 12.1 Å². The van der Waals surface area contributed by atoms with E-state index in [2.05, 4.69) is 27.4 Å². The third-order valence-electron chi connectivity index (χ3n) is 3.24. The maximum Gasteiger partial charge on any atom is 0.232 e. The van der Waals surface area contributed by atoms with Gasteiger partial charge in [-0.05, 0) is 26.1 Å². The molecule has 3 aromatic rings. The van der Waals surface area contributed by atoms with Crippen molar-refractivity contribution >= 4 is 18.1 Å². The minimum atomic E-state index is 0. The Balaban J connectivity index is 0.00000161. The average Bonchev–Trinajstić information content (AvgIpc) is 3.05.